The number of para-hydroxylation sites is 2. The van der Waals surface area contributed by atoms with Crippen LogP contribution in [-0.4, -0.2) is 33.5 Å². The molecule has 1 aromatic heterocycles. The van der Waals surface area contributed by atoms with Crippen LogP contribution in [0.1, 0.15) is 18.4 Å². The molecular weight excluding hydrogens is 316 g/mol. The molecule has 0 aliphatic rings. The van der Waals surface area contributed by atoms with Crippen molar-refractivity contribution in [3.63, 3.8) is 0 Å². The zero-order valence-corrected chi connectivity index (χ0v) is 14.0. The van der Waals surface area contributed by atoms with Crippen molar-refractivity contribution in [3.8, 4) is 0 Å². The number of aliphatic hydroxyl groups excluding tert-OH is 1. The molecular formula is C20H20N2O3. The van der Waals surface area contributed by atoms with Gasteiger partial charge in [-0.05, 0) is 24.6 Å². The number of nitrogens with zero attached hydrogens (tertiary/aromatic N) is 2. The third kappa shape index (κ3) is 4.55. The van der Waals surface area contributed by atoms with Crippen LogP contribution < -0.4 is 0 Å². The summed E-state index contributed by atoms with van der Waals surface area (Å²) >= 11 is 0. The highest BCUT2D eigenvalue weighted by Crippen LogP contribution is 2.15. The summed E-state index contributed by atoms with van der Waals surface area (Å²) in [5, 5.41) is 9.68. The maximum absolute atomic E-state index is 12.5. The maximum Gasteiger partial charge on any atom is 0.247 e. The van der Waals surface area contributed by atoms with Gasteiger partial charge >= 0.3 is 0 Å². The molecule has 0 fully saturated rings. The Morgan fingerprint density at radius 3 is 2.64 bits per heavy atom. The number of benzene rings is 2. The van der Waals surface area contributed by atoms with Gasteiger partial charge in [-0.25, -0.2) is 4.98 Å². The van der Waals surface area contributed by atoms with E-state index in [4.69, 9.17) is 4.42 Å². The molecule has 1 atom stereocenters. The average molecular weight is 336 g/mol. The van der Waals surface area contributed by atoms with Gasteiger partial charge in [0.05, 0.1) is 6.10 Å². The van der Waals surface area contributed by atoms with Crippen LogP contribution >= 0.6 is 0 Å². The van der Waals surface area contributed by atoms with Crippen LogP contribution in [0, 0.1) is 0 Å². The third-order valence-corrected chi connectivity index (χ3v) is 3.69. The fourth-order valence-corrected chi connectivity index (χ4v) is 2.56. The van der Waals surface area contributed by atoms with Gasteiger partial charge in [-0.1, -0.05) is 42.5 Å². The SMILES string of the molecule is C[C@H](O)CN(Cc1ccccc1)C(=O)/C=C\c1nc2ccccc2o1. The first-order chi connectivity index (χ1) is 12.1. The second kappa shape index (κ2) is 7.77. The van der Waals surface area contributed by atoms with Crippen molar-refractivity contribution >= 4 is 23.1 Å². The molecule has 1 heterocycles. The van der Waals surface area contributed by atoms with E-state index in [0.29, 0.717) is 18.0 Å². The summed E-state index contributed by atoms with van der Waals surface area (Å²) in [5.41, 5.74) is 2.44. The van der Waals surface area contributed by atoms with Crippen LogP contribution in [0.15, 0.2) is 65.1 Å². The predicted octanol–water partition coefficient (Wildman–Crippen LogP) is 3.25. The van der Waals surface area contributed by atoms with Crippen molar-refractivity contribution in [2.24, 2.45) is 0 Å². The normalized spacial score (nSPS) is 12.6. The number of fused-ring (bicyclic) bond motifs is 1. The van der Waals surface area contributed by atoms with Gasteiger partial charge in [-0.15, -0.1) is 0 Å². The van der Waals surface area contributed by atoms with Gasteiger partial charge in [0.2, 0.25) is 11.8 Å². The minimum absolute atomic E-state index is 0.202. The quantitative estimate of drug-likeness (QED) is 0.702. The van der Waals surface area contributed by atoms with Crippen molar-refractivity contribution in [3.05, 3.63) is 72.1 Å². The molecule has 128 valence electrons. The molecule has 0 aliphatic heterocycles. The molecule has 0 radical (unpaired) electrons. The number of carbonyl (C=O) groups excluding carboxylic acids is 1. The molecule has 25 heavy (non-hydrogen) atoms. The lowest BCUT2D eigenvalue weighted by Gasteiger charge is -2.22. The molecule has 0 bridgehead atoms. The highest BCUT2D eigenvalue weighted by molar-refractivity contribution is 5.91. The molecule has 5 heteroatoms. The van der Waals surface area contributed by atoms with Gasteiger partial charge in [-0.2, -0.15) is 0 Å². The van der Waals surface area contributed by atoms with E-state index >= 15 is 0 Å². The van der Waals surface area contributed by atoms with E-state index in [0.717, 1.165) is 11.1 Å². The molecule has 0 unspecified atom stereocenters. The lowest BCUT2D eigenvalue weighted by molar-refractivity contribution is -0.127. The Hall–Kier alpha value is -2.92. The first kappa shape index (κ1) is 16.9. The molecule has 3 aromatic rings. The zero-order chi connectivity index (χ0) is 17.6. The van der Waals surface area contributed by atoms with Crippen LogP contribution in [0.5, 0.6) is 0 Å². The molecule has 2 aromatic carbocycles. The Balaban J connectivity index is 1.74. The Labute approximate surface area is 146 Å². The van der Waals surface area contributed by atoms with Gasteiger partial charge in [0.1, 0.15) is 5.52 Å². The Morgan fingerprint density at radius 1 is 1.20 bits per heavy atom. The number of carbonyl (C=O) groups is 1. The zero-order valence-electron chi connectivity index (χ0n) is 14.0. The van der Waals surface area contributed by atoms with E-state index in [1.807, 2.05) is 54.6 Å². The van der Waals surface area contributed by atoms with Crippen molar-refractivity contribution in [2.75, 3.05) is 6.54 Å². The lowest BCUT2D eigenvalue weighted by Crippen LogP contribution is -2.35. The number of hydrogen-bond acceptors (Lipinski definition) is 4. The molecule has 5 nitrogen and oxygen atoms in total. The van der Waals surface area contributed by atoms with Crippen molar-refractivity contribution in [2.45, 2.75) is 19.6 Å². The van der Waals surface area contributed by atoms with Crippen LogP contribution in [-0.2, 0) is 11.3 Å². The van der Waals surface area contributed by atoms with Gasteiger partial charge in [0, 0.05) is 25.2 Å². The van der Waals surface area contributed by atoms with E-state index in [1.54, 1.807) is 17.9 Å². The third-order valence-electron chi connectivity index (χ3n) is 3.69. The smallest absolute Gasteiger partial charge is 0.247 e. The van der Waals surface area contributed by atoms with E-state index < -0.39 is 6.10 Å². The van der Waals surface area contributed by atoms with Gasteiger partial charge in [0.15, 0.2) is 5.58 Å². The highest BCUT2D eigenvalue weighted by Gasteiger charge is 2.14. The summed E-state index contributed by atoms with van der Waals surface area (Å²) in [6, 6.07) is 17.1. The Bertz CT molecular complexity index is 836. The molecule has 1 N–H and O–H groups in total. The van der Waals surface area contributed by atoms with Crippen molar-refractivity contribution in [1.82, 2.24) is 9.88 Å². The van der Waals surface area contributed by atoms with E-state index in [1.165, 1.54) is 6.08 Å². The number of oxazole rings is 1. The van der Waals surface area contributed by atoms with Crippen molar-refractivity contribution in [1.29, 1.82) is 0 Å². The minimum atomic E-state index is -0.606. The fourth-order valence-electron chi connectivity index (χ4n) is 2.56. The predicted molar refractivity (Wildman–Crippen MR) is 96.6 cm³/mol. The molecule has 0 spiro atoms. The van der Waals surface area contributed by atoms with Crippen LogP contribution in [0.2, 0.25) is 0 Å². The average Bonchev–Trinajstić information content (AvgIpc) is 3.02. The highest BCUT2D eigenvalue weighted by atomic mass is 16.3. The van der Waals surface area contributed by atoms with Gasteiger partial charge in [0.25, 0.3) is 0 Å². The van der Waals surface area contributed by atoms with E-state index in [2.05, 4.69) is 4.98 Å². The molecule has 1 amide bonds. The molecule has 0 aliphatic carbocycles. The summed E-state index contributed by atoms with van der Waals surface area (Å²) in [7, 11) is 0. The number of amides is 1. The largest absolute Gasteiger partial charge is 0.437 e. The van der Waals surface area contributed by atoms with Gasteiger partial charge < -0.3 is 14.4 Å². The second-order valence-electron chi connectivity index (χ2n) is 5.91. The molecule has 0 saturated heterocycles. The number of hydrogen-bond donors (Lipinski definition) is 1. The van der Waals surface area contributed by atoms with E-state index in [9.17, 15) is 9.90 Å². The maximum atomic E-state index is 12.5. The monoisotopic (exact) mass is 336 g/mol. The topological polar surface area (TPSA) is 66.6 Å². The lowest BCUT2D eigenvalue weighted by atomic mass is 10.2. The summed E-state index contributed by atoms with van der Waals surface area (Å²) in [5.74, 6) is 0.179. The van der Waals surface area contributed by atoms with E-state index in [-0.39, 0.29) is 12.5 Å². The molecule has 0 saturated carbocycles. The Morgan fingerprint density at radius 2 is 1.92 bits per heavy atom. The minimum Gasteiger partial charge on any atom is -0.437 e. The summed E-state index contributed by atoms with van der Waals surface area (Å²) < 4.78 is 5.58. The molecule has 3 rings (SSSR count). The van der Waals surface area contributed by atoms with Gasteiger partial charge in [-0.3, -0.25) is 4.79 Å². The van der Waals surface area contributed by atoms with Crippen LogP contribution in [0.3, 0.4) is 0 Å². The van der Waals surface area contributed by atoms with Crippen LogP contribution in [0.25, 0.3) is 17.2 Å². The number of rotatable bonds is 6. The summed E-state index contributed by atoms with van der Waals surface area (Å²) in [6.45, 7) is 2.35. The fraction of sp³-hybridized carbons (Fsp3) is 0.200. The standard InChI is InChI=1S/C20H20N2O3/c1-15(23)13-22(14-16-7-3-2-4-8-16)20(24)12-11-19-21-17-9-5-6-10-18(17)25-19/h2-12,15,23H,13-14H2,1H3/b12-11-/t15-/m0/s1. The number of aliphatic hydroxyl groups is 1. The van der Waals surface area contributed by atoms with Crippen LogP contribution in [0.4, 0.5) is 0 Å². The summed E-state index contributed by atoms with van der Waals surface area (Å²) in [4.78, 5) is 18.4. The second-order valence-corrected chi connectivity index (χ2v) is 5.91. The first-order valence-electron chi connectivity index (χ1n) is 8.16. The number of aromatic nitrogens is 1. The Kier molecular flexibility index (Phi) is 5.26. The first-order valence-corrected chi connectivity index (χ1v) is 8.16. The van der Waals surface area contributed by atoms with Crippen molar-refractivity contribution < 1.29 is 14.3 Å². The summed E-state index contributed by atoms with van der Waals surface area (Å²) in [6.07, 6.45) is 2.38.